The topological polar surface area (TPSA) is 56.4 Å². The lowest BCUT2D eigenvalue weighted by atomic mass is 9.99. The van der Waals surface area contributed by atoms with E-state index in [1.54, 1.807) is 12.1 Å². The number of thioether (sulfide) groups is 1. The van der Waals surface area contributed by atoms with Crippen molar-refractivity contribution in [3.05, 3.63) is 35.6 Å². The largest absolute Gasteiger partial charge is 0.346 e. The summed E-state index contributed by atoms with van der Waals surface area (Å²) in [5.74, 6) is 2.19. The number of hydrogen-bond donors (Lipinski definition) is 3. The van der Waals surface area contributed by atoms with Crippen LogP contribution >= 0.6 is 24.2 Å². The Balaban J connectivity index is 0.00000261. The van der Waals surface area contributed by atoms with Crippen molar-refractivity contribution in [2.45, 2.75) is 43.8 Å². The lowest BCUT2D eigenvalue weighted by Gasteiger charge is -2.25. The molecule has 3 N–H and O–H groups in total. The van der Waals surface area contributed by atoms with E-state index in [4.69, 9.17) is 0 Å². The zero-order valence-electron chi connectivity index (χ0n) is 15.7. The van der Waals surface area contributed by atoms with Crippen LogP contribution < -0.4 is 16.2 Å². The molecule has 2 aliphatic heterocycles. The van der Waals surface area contributed by atoms with Crippen LogP contribution in [-0.2, 0) is 4.79 Å². The van der Waals surface area contributed by atoms with Crippen molar-refractivity contribution in [2.24, 2.45) is 0 Å². The highest BCUT2D eigenvalue weighted by atomic mass is 35.5. The molecule has 0 aliphatic carbocycles. The molecule has 1 aromatic rings. The van der Waals surface area contributed by atoms with Crippen molar-refractivity contribution in [3.63, 3.8) is 0 Å². The SMILES string of the molecule is CN(CCCC1CC(c2cccc(F)c2)NN1)C(=O)CC1CSCCN1.Cl. The summed E-state index contributed by atoms with van der Waals surface area (Å²) in [5, 5.41) is 3.42. The molecule has 3 rings (SSSR count). The Morgan fingerprint density at radius 2 is 2.19 bits per heavy atom. The van der Waals surface area contributed by atoms with Gasteiger partial charge in [-0.15, -0.1) is 12.4 Å². The maximum Gasteiger partial charge on any atom is 0.223 e. The molecule has 1 aromatic carbocycles. The highest BCUT2D eigenvalue weighted by Gasteiger charge is 2.25. The first-order valence-corrected chi connectivity index (χ1v) is 10.6. The van der Waals surface area contributed by atoms with Gasteiger partial charge in [0, 0.05) is 56.2 Å². The number of amides is 1. The number of benzene rings is 1. The molecule has 0 bridgehead atoms. The van der Waals surface area contributed by atoms with Crippen LogP contribution in [0.25, 0.3) is 0 Å². The van der Waals surface area contributed by atoms with Gasteiger partial charge in [-0.2, -0.15) is 11.8 Å². The quantitative estimate of drug-likeness (QED) is 0.637. The summed E-state index contributed by atoms with van der Waals surface area (Å²) in [5.41, 5.74) is 7.54. The Hall–Kier alpha value is -0.860. The second-order valence-corrected chi connectivity index (χ2v) is 8.37. The average molecular weight is 417 g/mol. The summed E-state index contributed by atoms with van der Waals surface area (Å²) < 4.78 is 13.4. The molecule has 5 nitrogen and oxygen atoms in total. The van der Waals surface area contributed by atoms with E-state index in [0.29, 0.717) is 18.5 Å². The van der Waals surface area contributed by atoms with Crippen LogP contribution in [-0.4, -0.2) is 54.5 Å². The minimum Gasteiger partial charge on any atom is -0.346 e. The van der Waals surface area contributed by atoms with Crippen molar-refractivity contribution in [3.8, 4) is 0 Å². The van der Waals surface area contributed by atoms with Crippen LogP contribution in [0.3, 0.4) is 0 Å². The standard InChI is InChI=1S/C19H29FN4OS.ClH/c1-24(19(25)12-17-13-26-9-7-21-17)8-3-6-16-11-18(23-22-16)14-4-2-5-15(20)10-14;/h2,4-5,10,16-18,21-23H,3,6-9,11-13H2,1H3;1H. The van der Waals surface area contributed by atoms with Crippen LogP contribution in [0.15, 0.2) is 24.3 Å². The lowest BCUT2D eigenvalue weighted by Crippen LogP contribution is -2.42. The molecular weight excluding hydrogens is 387 g/mol. The van der Waals surface area contributed by atoms with E-state index in [2.05, 4.69) is 16.2 Å². The number of halogens is 2. The Bertz CT molecular complexity index is 603. The first-order chi connectivity index (χ1) is 12.6. The fourth-order valence-corrected chi connectivity index (χ4v) is 4.52. The number of nitrogens with one attached hydrogen (secondary N) is 3. The second-order valence-electron chi connectivity index (χ2n) is 7.22. The molecule has 152 valence electrons. The maximum atomic E-state index is 13.4. The number of carbonyl (C=O) groups is 1. The van der Waals surface area contributed by atoms with Crippen molar-refractivity contribution >= 4 is 30.1 Å². The maximum absolute atomic E-state index is 13.4. The second kappa shape index (κ2) is 11.2. The van der Waals surface area contributed by atoms with E-state index in [-0.39, 0.29) is 30.2 Å². The first kappa shape index (κ1) is 22.4. The number of carbonyl (C=O) groups excluding carboxylic acids is 1. The van der Waals surface area contributed by atoms with Crippen LogP contribution in [0.5, 0.6) is 0 Å². The zero-order valence-corrected chi connectivity index (χ0v) is 17.4. The van der Waals surface area contributed by atoms with E-state index >= 15 is 0 Å². The highest BCUT2D eigenvalue weighted by molar-refractivity contribution is 7.99. The third kappa shape index (κ3) is 6.91. The summed E-state index contributed by atoms with van der Waals surface area (Å²) in [6.07, 6.45) is 3.48. The van der Waals surface area contributed by atoms with Gasteiger partial charge in [0.2, 0.25) is 5.91 Å². The summed E-state index contributed by atoms with van der Waals surface area (Å²) in [4.78, 5) is 14.2. The molecule has 2 heterocycles. The van der Waals surface area contributed by atoms with Gasteiger partial charge in [0.15, 0.2) is 0 Å². The molecule has 2 aliphatic rings. The zero-order chi connectivity index (χ0) is 18.4. The predicted octanol–water partition coefficient (Wildman–Crippen LogP) is 2.49. The van der Waals surface area contributed by atoms with Crippen LogP contribution in [0.2, 0.25) is 0 Å². The number of hydrazine groups is 1. The Kier molecular flexibility index (Phi) is 9.32. The number of rotatable bonds is 7. The van der Waals surface area contributed by atoms with Crippen molar-refractivity contribution in [1.29, 1.82) is 0 Å². The summed E-state index contributed by atoms with van der Waals surface area (Å²) >= 11 is 1.92. The minimum absolute atomic E-state index is 0. The smallest absolute Gasteiger partial charge is 0.223 e. The third-order valence-corrected chi connectivity index (χ3v) is 6.26. The van der Waals surface area contributed by atoms with Gasteiger partial charge in [0.05, 0.1) is 0 Å². The molecule has 27 heavy (non-hydrogen) atoms. The third-order valence-electron chi connectivity index (χ3n) is 5.12. The van der Waals surface area contributed by atoms with Gasteiger partial charge in [-0.05, 0) is 37.0 Å². The van der Waals surface area contributed by atoms with Gasteiger partial charge >= 0.3 is 0 Å². The van der Waals surface area contributed by atoms with E-state index in [0.717, 1.165) is 49.4 Å². The van der Waals surface area contributed by atoms with Crippen molar-refractivity contribution < 1.29 is 9.18 Å². The predicted molar refractivity (Wildman–Crippen MR) is 112 cm³/mol. The van der Waals surface area contributed by atoms with Gasteiger partial charge in [-0.3, -0.25) is 15.6 Å². The van der Waals surface area contributed by atoms with Gasteiger partial charge in [-0.1, -0.05) is 12.1 Å². The fraction of sp³-hybridized carbons (Fsp3) is 0.632. The molecular formula is C19H30ClFN4OS. The molecule has 0 spiro atoms. The van der Waals surface area contributed by atoms with Gasteiger partial charge in [0.25, 0.3) is 0 Å². The number of hydrogen-bond acceptors (Lipinski definition) is 5. The molecule has 2 saturated heterocycles. The van der Waals surface area contributed by atoms with Crippen molar-refractivity contribution in [1.82, 2.24) is 21.1 Å². The first-order valence-electron chi connectivity index (χ1n) is 9.43. The molecule has 0 radical (unpaired) electrons. The summed E-state index contributed by atoms with van der Waals surface area (Å²) in [6, 6.07) is 7.57. The highest BCUT2D eigenvalue weighted by Crippen LogP contribution is 2.24. The molecule has 3 atom stereocenters. The van der Waals surface area contributed by atoms with Crippen molar-refractivity contribution in [2.75, 3.05) is 31.6 Å². The monoisotopic (exact) mass is 416 g/mol. The number of nitrogens with zero attached hydrogens (tertiary/aromatic N) is 1. The van der Waals surface area contributed by atoms with Crippen LogP contribution in [0.1, 0.15) is 37.3 Å². The van der Waals surface area contributed by atoms with E-state index < -0.39 is 0 Å². The Morgan fingerprint density at radius 1 is 1.33 bits per heavy atom. The Morgan fingerprint density at radius 3 is 2.93 bits per heavy atom. The molecule has 2 fully saturated rings. The molecule has 3 unspecified atom stereocenters. The fourth-order valence-electron chi connectivity index (χ4n) is 3.57. The van der Waals surface area contributed by atoms with Gasteiger partial charge in [-0.25, -0.2) is 4.39 Å². The molecule has 0 aromatic heterocycles. The summed E-state index contributed by atoms with van der Waals surface area (Å²) in [7, 11) is 1.90. The summed E-state index contributed by atoms with van der Waals surface area (Å²) in [6.45, 7) is 1.78. The van der Waals surface area contributed by atoms with Crippen LogP contribution in [0, 0.1) is 5.82 Å². The molecule has 1 amide bonds. The molecule has 8 heteroatoms. The van der Waals surface area contributed by atoms with E-state index in [9.17, 15) is 9.18 Å². The Labute approximate surface area is 171 Å². The van der Waals surface area contributed by atoms with Gasteiger partial charge < -0.3 is 10.2 Å². The van der Waals surface area contributed by atoms with E-state index in [1.807, 2.05) is 29.8 Å². The normalized spacial score (nSPS) is 25.0. The van der Waals surface area contributed by atoms with Gasteiger partial charge in [0.1, 0.15) is 5.82 Å². The van der Waals surface area contributed by atoms with E-state index in [1.165, 1.54) is 6.07 Å². The van der Waals surface area contributed by atoms with Crippen LogP contribution in [0.4, 0.5) is 4.39 Å². The average Bonchev–Trinajstić information content (AvgIpc) is 3.11. The molecule has 0 saturated carbocycles. The lowest BCUT2D eigenvalue weighted by molar-refractivity contribution is -0.130. The minimum atomic E-state index is -0.196.